The lowest BCUT2D eigenvalue weighted by Crippen LogP contribution is -1.84. The van der Waals surface area contributed by atoms with E-state index in [2.05, 4.69) is 0 Å². The topological polar surface area (TPSA) is 20.2 Å². The maximum absolute atomic E-state index is 12.9. The molecule has 0 saturated carbocycles. The molecule has 1 nitrogen and oxygen atoms in total. The van der Waals surface area contributed by atoms with E-state index < -0.39 is 11.6 Å². The average molecular weight is 226 g/mol. The van der Waals surface area contributed by atoms with Crippen molar-refractivity contribution in [3.8, 4) is 11.1 Å². The van der Waals surface area contributed by atoms with Gasteiger partial charge in [0, 0.05) is 4.88 Å². The van der Waals surface area contributed by atoms with Gasteiger partial charge in [-0.2, -0.15) is 0 Å². The predicted molar refractivity (Wildman–Crippen MR) is 55.6 cm³/mol. The smallest absolute Gasteiger partial charge is 0.159 e. The second kappa shape index (κ2) is 4.08. The molecule has 1 N–H and O–H groups in total. The molecule has 2 rings (SSSR count). The van der Waals surface area contributed by atoms with Gasteiger partial charge < -0.3 is 5.11 Å². The summed E-state index contributed by atoms with van der Waals surface area (Å²) in [6, 6.07) is 5.53. The Kier molecular flexibility index (Phi) is 2.79. The zero-order chi connectivity index (χ0) is 10.8. The molecule has 0 spiro atoms. The number of aliphatic hydroxyl groups is 1. The summed E-state index contributed by atoms with van der Waals surface area (Å²) >= 11 is 1.39. The van der Waals surface area contributed by atoms with Crippen LogP contribution in [0.25, 0.3) is 11.1 Å². The highest BCUT2D eigenvalue weighted by atomic mass is 32.1. The van der Waals surface area contributed by atoms with Crippen molar-refractivity contribution in [3.05, 3.63) is 46.2 Å². The molecule has 0 aliphatic carbocycles. The summed E-state index contributed by atoms with van der Waals surface area (Å²) in [5.74, 6) is -1.71. The van der Waals surface area contributed by atoms with Crippen LogP contribution in [-0.4, -0.2) is 5.11 Å². The summed E-state index contributed by atoms with van der Waals surface area (Å²) < 4.78 is 25.6. The van der Waals surface area contributed by atoms with Crippen LogP contribution < -0.4 is 0 Å². The van der Waals surface area contributed by atoms with Crippen molar-refractivity contribution in [2.45, 2.75) is 6.61 Å². The standard InChI is InChI=1S/C11H8F2OS/c12-10-2-1-7(4-11(10)13)8-3-9(5-14)15-6-8/h1-4,6,14H,5H2. The van der Waals surface area contributed by atoms with Crippen LogP contribution in [0.5, 0.6) is 0 Å². The van der Waals surface area contributed by atoms with Gasteiger partial charge in [-0.05, 0) is 34.7 Å². The lowest BCUT2D eigenvalue weighted by molar-refractivity contribution is 0.285. The number of thiophene rings is 1. The van der Waals surface area contributed by atoms with E-state index in [9.17, 15) is 8.78 Å². The van der Waals surface area contributed by atoms with E-state index in [-0.39, 0.29) is 6.61 Å². The van der Waals surface area contributed by atoms with Gasteiger partial charge in [0.05, 0.1) is 6.61 Å². The van der Waals surface area contributed by atoms with E-state index in [1.165, 1.54) is 17.4 Å². The van der Waals surface area contributed by atoms with Gasteiger partial charge in [-0.3, -0.25) is 0 Å². The summed E-state index contributed by atoms with van der Waals surface area (Å²) in [6.45, 7) is -0.0334. The Morgan fingerprint density at radius 3 is 2.47 bits per heavy atom. The van der Waals surface area contributed by atoms with Crippen LogP contribution in [0.4, 0.5) is 8.78 Å². The molecule has 0 aliphatic rings. The summed E-state index contributed by atoms with van der Waals surface area (Å²) in [5, 5.41) is 10.7. The van der Waals surface area contributed by atoms with E-state index in [0.717, 1.165) is 22.6 Å². The largest absolute Gasteiger partial charge is 0.391 e. The molecule has 0 radical (unpaired) electrons. The van der Waals surface area contributed by atoms with Gasteiger partial charge in [-0.15, -0.1) is 11.3 Å². The van der Waals surface area contributed by atoms with Gasteiger partial charge >= 0.3 is 0 Å². The molecule has 0 atom stereocenters. The molecule has 1 heterocycles. The first-order valence-electron chi connectivity index (χ1n) is 4.34. The highest BCUT2D eigenvalue weighted by molar-refractivity contribution is 7.10. The number of hydrogen-bond donors (Lipinski definition) is 1. The number of benzene rings is 1. The Hall–Kier alpha value is -1.26. The second-order valence-electron chi connectivity index (χ2n) is 3.09. The Balaban J connectivity index is 2.40. The number of halogens is 2. The molecule has 78 valence electrons. The van der Waals surface area contributed by atoms with Crippen molar-refractivity contribution >= 4 is 11.3 Å². The fourth-order valence-corrected chi connectivity index (χ4v) is 2.04. The van der Waals surface area contributed by atoms with Crippen molar-refractivity contribution in [3.63, 3.8) is 0 Å². The van der Waals surface area contributed by atoms with E-state index in [1.807, 2.05) is 0 Å². The molecule has 0 saturated heterocycles. The summed E-state index contributed by atoms with van der Waals surface area (Å²) in [7, 11) is 0. The van der Waals surface area contributed by atoms with Crippen LogP contribution in [0.1, 0.15) is 4.88 Å². The molecule has 0 fully saturated rings. The molecular weight excluding hydrogens is 218 g/mol. The van der Waals surface area contributed by atoms with Gasteiger partial charge in [0.15, 0.2) is 11.6 Å². The molecule has 0 bridgehead atoms. The molecular formula is C11H8F2OS. The quantitative estimate of drug-likeness (QED) is 0.833. The summed E-state index contributed by atoms with van der Waals surface area (Å²) in [6.07, 6.45) is 0. The highest BCUT2D eigenvalue weighted by Crippen LogP contribution is 2.26. The Labute approximate surface area is 89.6 Å². The Bertz CT molecular complexity index is 479. The minimum Gasteiger partial charge on any atom is -0.391 e. The predicted octanol–water partition coefficient (Wildman–Crippen LogP) is 3.19. The normalized spacial score (nSPS) is 10.6. The van der Waals surface area contributed by atoms with Gasteiger partial charge in [-0.1, -0.05) is 6.07 Å². The minimum absolute atomic E-state index is 0.0334. The van der Waals surface area contributed by atoms with Crippen LogP contribution >= 0.6 is 11.3 Å². The third kappa shape index (κ3) is 2.06. The maximum atomic E-state index is 12.9. The van der Waals surface area contributed by atoms with E-state index in [4.69, 9.17) is 5.11 Å². The molecule has 15 heavy (non-hydrogen) atoms. The number of rotatable bonds is 2. The Morgan fingerprint density at radius 2 is 1.87 bits per heavy atom. The first-order valence-corrected chi connectivity index (χ1v) is 5.22. The van der Waals surface area contributed by atoms with Crippen LogP contribution in [0, 0.1) is 11.6 Å². The van der Waals surface area contributed by atoms with Crippen LogP contribution in [0.15, 0.2) is 29.6 Å². The van der Waals surface area contributed by atoms with Crippen LogP contribution in [0.3, 0.4) is 0 Å². The molecule has 4 heteroatoms. The fraction of sp³-hybridized carbons (Fsp3) is 0.0909. The number of aliphatic hydroxyl groups excluding tert-OH is 1. The number of hydrogen-bond acceptors (Lipinski definition) is 2. The SMILES string of the molecule is OCc1cc(-c2ccc(F)c(F)c2)cs1. The highest BCUT2D eigenvalue weighted by Gasteiger charge is 2.06. The van der Waals surface area contributed by atoms with Crippen molar-refractivity contribution < 1.29 is 13.9 Å². The first kappa shape index (κ1) is 10.3. The van der Waals surface area contributed by atoms with Crippen molar-refractivity contribution in [1.29, 1.82) is 0 Å². The van der Waals surface area contributed by atoms with Crippen LogP contribution in [-0.2, 0) is 6.61 Å². The minimum atomic E-state index is -0.857. The molecule has 1 aromatic heterocycles. The second-order valence-corrected chi connectivity index (χ2v) is 4.08. The fourth-order valence-electron chi connectivity index (χ4n) is 1.29. The monoisotopic (exact) mass is 226 g/mol. The van der Waals surface area contributed by atoms with Crippen molar-refractivity contribution in [2.75, 3.05) is 0 Å². The lowest BCUT2D eigenvalue weighted by Gasteiger charge is -1.98. The first-order chi connectivity index (χ1) is 7.20. The zero-order valence-corrected chi connectivity index (χ0v) is 8.52. The van der Waals surface area contributed by atoms with Crippen LogP contribution in [0.2, 0.25) is 0 Å². The molecule has 0 aliphatic heterocycles. The third-order valence-corrected chi connectivity index (χ3v) is 2.98. The molecule has 2 aromatic rings. The van der Waals surface area contributed by atoms with Crippen molar-refractivity contribution in [1.82, 2.24) is 0 Å². The van der Waals surface area contributed by atoms with E-state index in [1.54, 1.807) is 11.4 Å². The van der Waals surface area contributed by atoms with Gasteiger partial charge in [0.25, 0.3) is 0 Å². The Morgan fingerprint density at radius 1 is 1.07 bits per heavy atom. The molecule has 0 amide bonds. The van der Waals surface area contributed by atoms with E-state index in [0.29, 0.717) is 5.56 Å². The lowest BCUT2D eigenvalue weighted by atomic mass is 10.1. The van der Waals surface area contributed by atoms with Crippen molar-refractivity contribution in [2.24, 2.45) is 0 Å². The van der Waals surface area contributed by atoms with Gasteiger partial charge in [0.2, 0.25) is 0 Å². The summed E-state index contributed by atoms with van der Waals surface area (Å²) in [5.41, 5.74) is 1.41. The maximum Gasteiger partial charge on any atom is 0.159 e. The van der Waals surface area contributed by atoms with Gasteiger partial charge in [-0.25, -0.2) is 8.78 Å². The third-order valence-electron chi connectivity index (χ3n) is 2.06. The average Bonchev–Trinajstić information content (AvgIpc) is 2.70. The molecule has 0 unspecified atom stereocenters. The molecule has 1 aromatic carbocycles. The van der Waals surface area contributed by atoms with E-state index >= 15 is 0 Å². The summed E-state index contributed by atoms with van der Waals surface area (Å²) in [4.78, 5) is 0.801. The van der Waals surface area contributed by atoms with Gasteiger partial charge in [0.1, 0.15) is 0 Å². The zero-order valence-electron chi connectivity index (χ0n) is 7.71.